The number of hydrogen-bond donors (Lipinski definition) is 1. The van der Waals surface area contributed by atoms with Gasteiger partial charge in [0.25, 0.3) is 0 Å². The van der Waals surface area contributed by atoms with Crippen LogP contribution in [-0.2, 0) is 0 Å². The topological polar surface area (TPSA) is 12.0 Å². The van der Waals surface area contributed by atoms with Crippen molar-refractivity contribution in [3.05, 3.63) is 0 Å². The van der Waals surface area contributed by atoms with E-state index < -0.39 is 0 Å². The number of unbranched alkanes of at least 4 members (excludes halogenated alkanes) is 1. The first-order valence-electron chi connectivity index (χ1n) is 9.57. The van der Waals surface area contributed by atoms with Crippen molar-refractivity contribution in [3.8, 4) is 0 Å². The zero-order chi connectivity index (χ0) is 14.7. The SMILES string of the molecule is CCCCSCC(NCCC)C12CC3CC(CC(C3)C1)C2. The van der Waals surface area contributed by atoms with Crippen molar-refractivity contribution in [3.63, 3.8) is 0 Å². The first-order chi connectivity index (χ1) is 10.3. The molecule has 0 spiro atoms. The van der Waals surface area contributed by atoms with E-state index in [4.69, 9.17) is 0 Å². The molecule has 1 N–H and O–H groups in total. The Bertz CT molecular complexity index is 292. The lowest BCUT2D eigenvalue weighted by atomic mass is 9.48. The maximum absolute atomic E-state index is 3.98. The van der Waals surface area contributed by atoms with Crippen molar-refractivity contribution in [2.24, 2.45) is 23.2 Å². The van der Waals surface area contributed by atoms with E-state index in [1.165, 1.54) is 37.3 Å². The van der Waals surface area contributed by atoms with Gasteiger partial charge in [0.1, 0.15) is 0 Å². The molecule has 4 bridgehead atoms. The van der Waals surface area contributed by atoms with E-state index in [-0.39, 0.29) is 0 Å². The van der Waals surface area contributed by atoms with E-state index in [2.05, 4.69) is 30.9 Å². The highest BCUT2D eigenvalue weighted by Crippen LogP contribution is 2.61. The Morgan fingerprint density at radius 1 is 1.00 bits per heavy atom. The zero-order valence-electron chi connectivity index (χ0n) is 14.2. The van der Waals surface area contributed by atoms with Gasteiger partial charge in [0, 0.05) is 11.8 Å². The van der Waals surface area contributed by atoms with Gasteiger partial charge in [-0.3, -0.25) is 0 Å². The molecule has 0 radical (unpaired) electrons. The van der Waals surface area contributed by atoms with Crippen LogP contribution in [0.4, 0.5) is 0 Å². The van der Waals surface area contributed by atoms with Crippen LogP contribution < -0.4 is 5.32 Å². The van der Waals surface area contributed by atoms with E-state index in [9.17, 15) is 0 Å². The lowest BCUT2D eigenvalue weighted by Crippen LogP contribution is -2.57. The van der Waals surface area contributed by atoms with Crippen LogP contribution in [0.2, 0.25) is 0 Å². The van der Waals surface area contributed by atoms with Crippen LogP contribution in [-0.4, -0.2) is 24.1 Å². The third-order valence-corrected chi connectivity index (χ3v) is 7.54. The van der Waals surface area contributed by atoms with Crippen molar-refractivity contribution in [2.45, 2.75) is 77.7 Å². The predicted octanol–water partition coefficient (Wildman–Crippen LogP) is 5.10. The van der Waals surface area contributed by atoms with E-state index >= 15 is 0 Å². The molecule has 0 aromatic rings. The fourth-order valence-corrected chi connectivity index (χ4v) is 7.19. The Morgan fingerprint density at radius 3 is 2.14 bits per heavy atom. The summed E-state index contributed by atoms with van der Waals surface area (Å²) in [7, 11) is 0. The van der Waals surface area contributed by atoms with Crippen LogP contribution in [0.1, 0.15) is 71.6 Å². The average Bonchev–Trinajstić information content (AvgIpc) is 2.45. The molecule has 1 unspecified atom stereocenters. The van der Waals surface area contributed by atoms with Crippen molar-refractivity contribution >= 4 is 11.8 Å². The molecule has 0 aliphatic heterocycles. The first kappa shape index (κ1) is 16.2. The molecular weight excluding hydrogens is 274 g/mol. The molecule has 4 fully saturated rings. The molecule has 0 saturated heterocycles. The highest BCUT2D eigenvalue weighted by atomic mass is 32.2. The van der Waals surface area contributed by atoms with E-state index in [1.807, 2.05) is 0 Å². The van der Waals surface area contributed by atoms with Gasteiger partial charge in [-0.15, -0.1) is 0 Å². The summed E-state index contributed by atoms with van der Waals surface area (Å²) in [5.41, 5.74) is 0.684. The number of nitrogens with one attached hydrogen (secondary N) is 1. The van der Waals surface area contributed by atoms with Crippen LogP contribution in [0.15, 0.2) is 0 Å². The molecule has 2 heteroatoms. The summed E-state index contributed by atoms with van der Waals surface area (Å²) in [5, 5.41) is 3.98. The molecule has 0 aromatic heterocycles. The maximum Gasteiger partial charge on any atom is 0.0214 e. The van der Waals surface area contributed by atoms with Crippen molar-refractivity contribution < 1.29 is 0 Å². The van der Waals surface area contributed by atoms with Crippen LogP contribution in [0, 0.1) is 23.2 Å². The van der Waals surface area contributed by atoms with Crippen molar-refractivity contribution in [1.82, 2.24) is 5.32 Å². The van der Waals surface area contributed by atoms with Crippen molar-refractivity contribution in [2.75, 3.05) is 18.1 Å². The molecule has 0 heterocycles. The molecule has 0 amide bonds. The Hall–Kier alpha value is 0.310. The standard InChI is InChI=1S/C19H35NS/c1-3-5-7-21-14-18(20-6-4-2)19-11-15-8-16(12-19)10-17(9-15)13-19/h15-18,20H,3-14H2,1-2H3. The minimum absolute atomic E-state index is 0.684. The van der Waals surface area contributed by atoms with Gasteiger partial charge in [0.05, 0.1) is 0 Å². The van der Waals surface area contributed by atoms with Crippen LogP contribution in [0.25, 0.3) is 0 Å². The lowest BCUT2D eigenvalue weighted by Gasteiger charge is -2.59. The van der Waals surface area contributed by atoms with Crippen molar-refractivity contribution in [1.29, 1.82) is 0 Å². The molecule has 122 valence electrons. The molecule has 4 aliphatic rings. The Kier molecular flexibility index (Phi) is 5.59. The summed E-state index contributed by atoms with van der Waals surface area (Å²) < 4.78 is 0. The van der Waals surface area contributed by atoms with Gasteiger partial charge < -0.3 is 5.32 Å². The first-order valence-corrected chi connectivity index (χ1v) is 10.7. The number of thioether (sulfide) groups is 1. The summed E-state index contributed by atoms with van der Waals surface area (Å²) in [4.78, 5) is 0. The van der Waals surface area contributed by atoms with Gasteiger partial charge in [0.2, 0.25) is 0 Å². The molecule has 4 aliphatic carbocycles. The summed E-state index contributed by atoms with van der Waals surface area (Å²) in [5.74, 6) is 5.99. The fraction of sp³-hybridized carbons (Fsp3) is 1.00. The van der Waals surface area contributed by atoms with Gasteiger partial charge in [-0.05, 0) is 86.8 Å². The monoisotopic (exact) mass is 309 g/mol. The predicted molar refractivity (Wildman–Crippen MR) is 94.9 cm³/mol. The second kappa shape index (κ2) is 7.25. The number of rotatable bonds is 9. The van der Waals surface area contributed by atoms with Crippen LogP contribution >= 0.6 is 11.8 Å². The summed E-state index contributed by atoms with van der Waals surface area (Å²) in [6.07, 6.45) is 13.4. The van der Waals surface area contributed by atoms with Crippen LogP contribution in [0.5, 0.6) is 0 Å². The average molecular weight is 310 g/mol. The summed E-state index contributed by atoms with van der Waals surface area (Å²) in [6.45, 7) is 5.85. The van der Waals surface area contributed by atoms with Crippen LogP contribution in [0.3, 0.4) is 0 Å². The molecule has 1 nitrogen and oxygen atoms in total. The smallest absolute Gasteiger partial charge is 0.0214 e. The quantitative estimate of drug-likeness (QED) is 0.594. The second-order valence-corrected chi connectivity index (χ2v) is 9.36. The van der Waals surface area contributed by atoms with Gasteiger partial charge in [-0.2, -0.15) is 11.8 Å². The van der Waals surface area contributed by atoms with Gasteiger partial charge in [-0.1, -0.05) is 20.3 Å². The van der Waals surface area contributed by atoms with E-state index in [1.54, 1.807) is 38.5 Å². The highest BCUT2D eigenvalue weighted by molar-refractivity contribution is 7.99. The molecular formula is C19H35NS. The lowest BCUT2D eigenvalue weighted by molar-refractivity contribution is -0.0693. The summed E-state index contributed by atoms with van der Waals surface area (Å²) in [6, 6.07) is 0.799. The normalized spacial score (nSPS) is 38.9. The molecule has 4 rings (SSSR count). The van der Waals surface area contributed by atoms with Gasteiger partial charge in [-0.25, -0.2) is 0 Å². The zero-order valence-corrected chi connectivity index (χ0v) is 15.0. The Labute approximate surface area is 136 Å². The van der Waals surface area contributed by atoms with Gasteiger partial charge >= 0.3 is 0 Å². The molecule has 1 atom stereocenters. The Morgan fingerprint density at radius 2 is 1.62 bits per heavy atom. The van der Waals surface area contributed by atoms with E-state index in [0.717, 1.165) is 23.8 Å². The maximum atomic E-state index is 3.98. The second-order valence-electron chi connectivity index (χ2n) is 8.22. The summed E-state index contributed by atoms with van der Waals surface area (Å²) >= 11 is 2.22. The van der Waals surface area contributed by atoms with Gasteiger partial charge in [0.15, 0.2) is 0 Å². The third-order valence-electron chi connectivity index (χ3n) is 6.39. The third kappa shape index (κ3) is 3.63. The largest absolute Gasteiger partial charge is 0.313 e. The number of hydrogen-bond acceptors (Lipinski definition) is 2. The fourth-order valence-electron chi connectivity index (χ4n) is 5.82. The molecule has 0 aromatic carbocycles. The Balaban J connectivity index is 1.63. The minimum atomic E-state index is 0.684. The molecule has 21 heavy (non-hydrogen) atoms. The highest BCUT2D eigenvalue weighted by Gasteiger charge is 2.53. The molecule has 4 saturated carbocycles. The van der Waals surface area contributed by atoms with E-state index in [0.29, 0.717) is 5.41 Å². The minimum Gasteiger partial charge on any atom is -0.313 e.